The summed E-state index contributed by atoms with van der Waals surface area (Å²) < 4.78 is 0. The molecule has 1 amide bonds. The highest BCUT2D eigenvalue weighted by Gasteiger charge is 2.09. The minimum Gasteiger partial charge on any atom is -0.376 e. The molecule has 2 aromatic rings. The minimum absolute atomic E-state index is 0.0378. The van der Waals surface area contributed by atoms with Crippen molar-refractivity contribution in [3.8, 4) is 0 Å². The summed E-state index contributed by atoms with van der Waals surface area (Å²) in [5.41, 5.74) is 2.70. The number of hydrogen-bond acceptors (Lipinski definition) is 3. The third-order valence-electron chi connectivity index (χ3n) is 3.08. The molecule has 5 heteroatoms. The SMILES string of the molecule is CN(C)c1ccc(Cl)cc1NC(=O)CCc1cccnc1. The number of nitrogens with one attached hydrogen (secondary N) is 1. The molecular formula is C16H18ClN3O. The summed E-state index contributed by atoms with van der Waals surface area (Å²) in [5, 5.41) is 3.52. The Morgan fingerprint density at radius 1 is 1.33 bits per heavy atom. The molecule has 1 aromatic heterocycles. The van der Waals surface area contributed by atoms with Crippen molar-refractivity contribution in [2.75, 3.05) is 24.3 Å². The highest BCUT2D eigenvalue weighted by Crippen LogP contribution is 2.27. The number of halogens is 1. The molecule has 4 nitrogen and oxygen atoms in total. The van der Waals surface area contributed by atoms with Crippen molar-refractivity contribution in [2.24, 2.45) is 0 Å². The molecule has 0 aliphatic rings. The molecule has 0 saturated heterocycles. The molecule has 21 heavy (non-hydrogen) atoms. The third kappa shape index (κ3) is 4.46. The van der Waals surface area contributed by atoms with E-state index in [0.29, 0.717) is 17.9 Å². The zero-order chi connectivity index (χ0) is 15.2. The second-order valence-electron chi connectivity index (χ2n) is 4.97. The second-order valence-corrected chi connectivity index (χ2v) is 5.40. The van der Waals surface area contributed by atoms with Crippen LogP contribution in [0.4, 0.5) is 11.4 Å². The van der Waals surface area contributed by atoms with E-state index < -0.39 is 0 Å². The topological polar surface area (TPSA) is 45.2 Å². The van der Waals surface area contributed by atoms with Crippen LogP contribution in [-0.2, 0) is 11.2 Å². The van der Waals surface area contributed by atoms with Gasteiger partial charge in [0, 0.05) is 37.9 Å². The lowest BCUT2D eigenvalue weighted by atomic mass is 10.1. The molecule has 110 valence electrons. The number of benzene rings is 1. The number of anilines is 2. The van der Waals surface area contributed by atoms with Crippen molar-refractivity contribution in [2.45, 2.75) is 12.8 Å². The van der Waals surface area contributed by atoms with Gasteiger partial charge in [0.2, 0.25) is 5.91 Å². The Balaban J connectivity index is 2.01. The van der Waals surface area contributed by atoms with E-state index in [1.807, 2.05) is 43.3 Å². The summed E-state index contributed by atoms with van der Waals surface area (Å²) in [7, 11) is 3.85. The Morgan fingerprint density at radius 3 is 2.81 bits per heavy atom. The average molecular weight is 304 g/mol. The maximum Gasteiger partial charge on any atom is 0.224 e. The van der Waals surface area contributed by atoms with Gasteiger partial charge in [0.1, 0.15) is 0 Å². The molecule has 0 aliphatic heterocycles. The Hall–Kier alpha value is -2.07. The summed E-state index contributed by atoms with van der Waals surface area (Å²) in [6.45, 7) is 0. The van der Waals surface area contributed by atoms with Crippen LogP contribution in [-0.4, -0.2) is 25.0 Å². The molecule has 0 atom stereocenters. The monoisotopic (exact) mass is 303 g/mol. The molecule has 0 aliphatic carbocycles. The van der Waals surface area contributed by atoms with Crippen molar-refractivity contribution < 1.29 is 4.79 Å². The summed E-state index contributed by atoms with van der Waals surface area (Å²) in [6.07, 6.45) is 4.57. The van der Waals surface area contributed by atoms with Crippen LogP contribution in [0.5, 0.6) is 0 Å². The summed E-state index contributed by atoms with van der Waals surface area (Å²) in [6, 6.07) is 9.29. The standard InChI is InChI=1S/C16H18ClN3O/c1-20(2)15-7-6-13(17)10-14(15)19-16(21)8-5-12-4-3-9-18-11-12/h3-4,6-7,9-11H,5,8H2,1-2H3,(H,19,21). The zero-order valence-corrected chi connectivity index (χ0v) is 12.9. The van der Waals surface area contributed by atoms with Crippen LogP contribution in [0.1, 0.15) is 12.0 Å². The molecule has 1 aromatic carbocycles. The molecule has 1 N–H and O–H groups in total. The number of hydrogen-bond donors (Lipinski definition) is 1. The van der Waals surface area contributed by atoms with Gasteiger partial charge in [-0.2, -0.15) is 0 Å². The summed E-state index contributed by atoms with van der Waals surface area (Å²) in [5.74, 6) is -0.0378. The van der Waals surface area contributed by atoms with E-state index in [1.165, 1.54) is 0 Å². The molecule has 0 bridgehead atoms. The lowest BCUT2D eigenvalue weighted by Crippen LogP contribution is -2.17. The molecule has 0 unspecified atom stereocenters. The molecular weight excluding hydrogens is 286 g/mol. The maximum atomic E-state index is 12.1. The van der Waals surface area contributed by atoms with E-state index in [1.54, 1.807) is 18.5 Å². The number of rotatable bonds is 5. The fourth-order valence-corrected chi connectivity index (χ4v) is 2.19. The fourth-order valence-electron chi connectivity index (χ4n) is 2.01. The van der Waals surface area contributed by atoms with Crippen molar-refractivity contribution >= 4 is 28.9 Å². The molecule has 0 radical (unpaired) electrons. The van der Waals surface area contributed by atoms with Gasteiger partial charge in [0.25, 0.3) is 0 Å². The van der Waals surface area contributed by atoms with Crippen LogP contribution in [0.2, 0.25) is 5.02 Å². The Labute approximate surface area is 129 Å². The van der Waals surface area contributed by atoms with Crippen molar-refractivity contribution in [3.63, 3.8) is 0 Å². The first kappa shape index (κ1) is 15.3. The highest BCUT2D eigenvalue weighted by atomic mass is 35.5. The number of nitrogens with zero attached hydrogens (tertiary/aromatic N) is 2. The van der Waals surface area contributed by atoms with Gasteiger partial charge in [-0.1, -0.05) is 17.7 Å². The van der Waals surface area contributed by atoms with Crippen LogP contribution in [0.25, 0.3) is 0 Å². The van der Waals surface area contributed by atoms with E-state index in [4.69, 9.17) is 11.6 Å². The van der Waals surface area contributed by atoms with Gasteiger partial charge in [-0.05, 0) is 36.2 Å². The molecule has 0 saturated carbocycles. The number of aryl methyl sites for hydroxylation is 1. The molecule has 1 heterocycles. The predicted molar refractivity (Wildman–Crippen MR) is 87.0 cm³/mol. The fraction of sp³-hybridized carbons (Fsp3) is 0.250. The van der Waals surface area contributed by atoms with Gasteiger partial charge in [-0.25, -0.2) is 0 Å². The van der Waals surface area contributed by atoms with Crippen LogP contribution in [0.15, 0.2) is 42.7 Å². The van der Waals surface area contributed by atoms with Crippen LogP contribution in [0.3, 0.4) is 0 Å². The third-order valence-corrected chi connectivity index (χ3v) is 3.31. The van der Waals surface area contributed by atoms with E-state index >= 15 is 0 Å². The average Bonchev–Trinajstić information content (AvgIpc) is 2.46. The first-order chi connectivity index (χ1) is 10.1. The van der Waals surface area contributed by atoms with E-state index in [9.17, 15) is 4.79 Å². The maximum absolute atomic E-state index is 12.1. The number of pyridine rings is 1. The number of amides is 1. The van der Waals surface area contributed by atoms with E-state index in [0.717, 1.165) is 16.9 Å². The molecule has 0 spiro atoms. The van der Waals surface area contributed by atoms with Crippen LogP contribution >= 0.6 is 11.6 Å². The Morgan fingerprint density at radius 2 is 2.14 bits per heavy atom. The normalized spacial score (nSPS) is 10.2. The van der Waals surface area contributed by atoms with Gasteiger partial charge >= 0.3 is 0 Å². The number of carbonyl (C=O) groups is 1. The Bertz CT molecular complexity index is 614. The number of carbonyl (C=O) groups excluding carboxylic acids is 1. The quantitative estimate of drug-likeness (QED) is 0.921. The van der Waals surface area contributed by atoms with Crippen molar-refractivity contribution in [3.05, 3.63) is 53.3 Å². The minimum atomic E-state index is -0.0378. The van der Waals surface area contributed by atoms with Crippen LogP contribution < -0.4 is 10.2 Å². The van der Waals surface area contributed by atoms with Gasteiger partial charge in [0.05, 0.1) is 11.4 Å². The Kier molecular flexibility index (Phi) is 5.17. The first-order valence-electron chi connectivity index (χ1n) is 6.72. The second kappa shape index (κ2) is 7.09. The largest absolute Gasteiger partial charge is 0.376 e. The molecule has 2 rings (SSSR count). The van der Waals surface area contributed by atoms with E-state index in [-0.39, 0.29) is 5.91 Å². The lowest BCUT2D eigenvalue weighted by molar-refractivity contribution is -0.116. The zero-order valence-electron chi connectivity index (χ0n) is 12.1. The van der Waals surface area contributed by atoms with Gasteiger partial charge in [0.15, 0.2) is 0 Å². The van der Waals surface area contributed by atoms with Crippen LogP contribution in [0, 0.1) is 0 Å². The first-order valence-corrected chi connectivity index (χ1v) is 7.09. The van der Waals surface area contributed by atoms with Gasteiger partial charge in [-0.15, -0.1) is 0 Å². The number of aromatic nitrogens is 1. The van der Waals surface area contributed by atoms with Gasteiger partial charge in [-0.3, -0.25) is 9.78 Å². The molecule has 0 fully saturated rings. The van der Waals surface area contributed by atoms with Crippen molar-refractivity contribution in [1.29, 1.82) is 0 Å². The van der Waals surface area contributed by atoms with E-state index in [2.05, 4.69) is 10.3 Å². The van der Waals surface area contributed by atoms with Gasteiger partial charge < -0.3 is 10.2 Å². The highest BCUT2D eigenvalue weighted by molar-refractivity contribution is 6.31. The smallest absolute Gasteiger partial charge is 0.224 e. The predicted octanol–water partition coefficient (Wildman–Crippen LogP) is 3.37. The lowest BCUT2D eigenvalue weighted by Gasteiger charge is -2.18. The van der Waals surface area contributed by atoms with Crippen molar-refractivity contribution in [1.82, 2.24) is 4.98 Å². The summed E-state index contributed by atoms with van der Waals surface area (Å²) >= 11 is 6.00. The summed E-state index contributed by atoms with van der Waals surface area (Å²) in [4.78, 5) is 18.1.